The van der Waals surface area contributed by atoms with E-state index in [1.54, 1.807) is 18.2 Å². The van der Waals surface area contributed by atoms with E-state index in [4.69, 9.17) is 16.3 Å². The summed E-state index contributed by atoms with van der Waals surface area (Å²) in [6.45, 7) is 1.42. The summed E-state index contributed by atoms with van der Waals surface area (Å²) in [5.41, 5.74) is -2.03. The second-order valence-electron chi connectivity index (χ2n) is 7.53. The van der Waals surface area contributed by atoms with Gasteiger partial charge in [-0.2, -0.15) is 18.2 Å². The number of carbonyl (C=O) groups is 1. The number of carbonyl (C=O) groups excluding carboxylic acids is 1. The Bertz CT molecular complexity index is 1230. The lowest BCUT2D eigenvalue weighted by atomic mass is 9.91. The summed E-state index contributed by atoms with van der Waals surface area (Å²) in [6, 6.07) is 7.75. The Hall–Kier alpha value is -3.47. The van der Waals surface area contributed by atoms with Gasteiger partial charge in [-0.15, -0.1) is 0 Å². The van der Waals surface area contributed by atoms with Crippen molar-refractivity contribution in [3.05, 3.63) is 57.6 Å². The third-order valence-electron chi connectivity index (χ3n) is 4.87. The van der Waals surface area contributed by atoms with E-state index in [1.807, 2.05) is 0 Å². The summed E-state index contributed by atoms with van der Waals surface area (Å²) in [4.78, 5) is 38.9. The first-order valence-corrected chi connectivity index (χ1v) is 9.93. The van der Waals surface area contributed by atoms with Crippen molar-refractivity contribution in [2.75, 3.05) is 7.11 Å². The molecule has 0 aliphatic rings. The molecule has 0 bridgehead atoms. The van der Waals surface area contributed by atoms with Crippen molar-refractivity contribution in [1.82, 2.24) is 25.3 Å². The summed E-state index contributed by atoms with van der Waals surface area (Å²) in [7, 11) is 1.46. The zero-order valence-electron chi connectivity index (χ0n) is 17.7. The van der Waals surface area contributed by atoms with E-state index in [0.29, 0.717) is 22.6 Å². The number of halogens is 4. The molecule has 0 unspecified atom stereocenters. The van der Waals surface area contributed by atoms with Gasteiger partial charge in [-0.1, -0.05) is 17.7 Å². The number of rotatable bonds is 6. The molecule has 0 fully saturated rings. The molecular formula is C21H19ClF3N5O3. The van der Waals surface area contributed by atoms with Crippen LogP contribution in [-0.2, 0) is 11.3 Å². The van der Waals surface area contributed by atoms with Crippen molar-refractivity contribution in [3.8, 4) is 28.7 Å². The molecule has 2 heterocycles. The average molecular weight is 482 g/mol. The molecular weight excluding hydrogens is 463 g/mol. The number of hydrogen-bond acceptors (Lipinski definition) is 6. The molecule has 3 rings (SSSR count). The first-order chi connectivity index (χ1) is 15.4. The number of ether oxygens (including phenoxy) is 1. The van der Waals surface area contributed by atoms with E-state index in [9.17, 15) is 22.8 Å². The summed E-state index contributed by atoms with van der Waals surface area (Å²) in [6.07, 6.45) is -3.26. The van der Waals surface area contributed by atoms with Gasteiger partial charge >= 0.3 is 11.9 Å². The molecule has 0 aliphatic heterocycles. The predicted octanol–water partition coefficient (Wildman–Crippen LogP) is 3.76. The maximum Gasteiger partial charge on any atom is 0.402 e. The van der Waals surface area contributed by atoms with Gasteiger partial charge in [-0.25, -0.2) is 14.8 Å². The Morgan fingerprint density at radius 2 is 1.91 bits per heavy atom. The molecule has 0 saturated heterocycles. The van der Waals surface area contributed by atoms with Crippen molar-refractivity contribution < 1.29 is 22.7 Å². The molecule has 1 amide bonds. The maximum atomic E-state index is 13.1. The first kappa shape index (κ1) is 24.2. The van der Waals surface area contributed by atoms with E-state index in [1.165, 1.54) is 25.4 Å². The minimum Gasteiger partial charge on any atom is -0.481 e. The lowest BCUT2D eigenvalue weighted by molar-refractivity contribution is -0.211. The predicted molar refractivity (Wildman–Crippen MR) is 115 cm³/mol. The highest BCUT2D eigenvalue weighted by Crippen LogP contribution is 2.37. The molecule has 0 atom stereocenters. The van der Waals surface area contributed by atoms with E-state index in [0.717, 1.165) is 13.8 Å². The van der Waals surface area contributed by atoms with Crippen molar-refractivity contribution in [1.29, 1.82) is 0 Å². The Morgan fingerprint density at radius 3 is 2.52 bits per heavy atom. The van der Waals surface area contributed by atoms with Gasteiger partial charge in [0.2, 0.25) is 11.8 Å². The standard InChI is InChI=1S/C21H19ClF3N5O3/c1-20(2,21(23,24)25)18(31)27-9-11-4-6-14(22)13(8-11)17-28-16(29-19(32)30-17)12-5-7-15(33-3)26-10-12/h4-8,10H,9H2,1-3H3,(H,27,31)(H,28,29,30,32). The van der Waals surface area contributed by atoms with E-state index in [2.05, 4.69) is 25.3 Å². The zero-order chi connectivity index (χ0) is 24.4. The number of nitrogens with zero attached hydrogens (tertiary/aromatic N) is 3. The summed E-state index contributed by atoms with van der Waals surface area (Å²) < 4.78 is 44.2. The van der Waals surface area contributed by atoms with Crippen molar-refractivity contribution >= 4 is 17.5 Å². The third kappa shape index (κ3) is 5.30. The molecule has 0 aliphatic carbocycles. The summed E-state index contributed by atoms with van der Waals surface area (Å²) in [5.74, 6) is -0.619. The Balaban J connectivity index is 1.90. The number of pyridine rings is 1. The normalized spacial score (nSPS) is 11.8. The average Bonchev–Trinajstić information content (AvgIpc) is 2.77. The molecule has 8 nitrogen and oxygen atoms in total. The molecule has 2 aromatic heterocycles. The van der Waals surface area contributed by atoms with Crippen LogP contribution >= 0.6 is 11.6 Å². The first-order valence-electron chi connectivity index (χ1n) is 9.55. The Kier molecular flexibility index (Phi) is 6.73. The van der Waals surface area contributed by atoms with Gasteiger partial charge in [0.25, 0.3) is 0 Å². The Labute approximate surface area is 191 Å². The van der Waals surface area contributed by atoms with E-state index in [-0.39, 0.29) is 23.2 Å². The van der Waals surface area contributed by atoms with Gasteiger partial charge in [0, 0.05) is 29.9 Å². The highest BCUT2D eigenvalue weighted by molar-refractivity contribution is 6.33. The SMILES string of the molecule is COc1ccc(-c2nc(-c3cc(CNC(=O)C(C)(C)C(F)(F)F)ccc3Cl)[nH]c(=O)n2)cn1. The quantitative estimate of drug-likeness (QED) is 0.554. The number of amides is 1. The fourth-order valence-corrected chi connectivity index (χ4v) is 2.88. The maximum absolute atomic E-state index is 13.1. The molecule has 0 saturated carbocycles. The second-order valence-corrected chi connectivity index (χ2v) is 7.94. The van der Waals surface area contributed by atoms with Crippen LogP contribution in [0.1, 0.15) is 19.4 Å². The van der Waals surface area contributed by atoms with Crippen molar-refractivity contribution in [2.24, 2.45) is 5.41 Å². The zero-order valence-corrected chi connectivity index (χ0v) is 18.5. The van der Waals surface area contributed by atoms with Crippen LogP contribution in [0.2, 0.25) is 5.02 Å². The van der Waals surface area contributed by atoms with Crippen LogP contribution in [0.15, 0.2) is 41.3 Å². The van der Waals surface area contributed by atoms with Crippen molar-refractivity contribution in [2.45, 2.75) is 26.6 Å². The largest absolute Gasteiger partial charge is 0.481 e. The number of H-pyrrole nitrogens is 1. The number of alkyl halides is 3. The van der Waals surface area contributed by atoms with Gasteiger partial charge in [0.15, 0.2) is 5.82 Å². The fraction of sp³-hybridized carbons (Fsp3) is 0.286. The smallest absolute Gasteiger partial charge is 0.402 e. The number of methoxy groups -OCH3 is 1. The van der Waals surface area contributed by atoms with Crippen LogP contribution < -0.4 is 15.7 Å². The van der Waals surface area contributed by atoms with E-state index < -0.39 is 23.2 Å². The molecule has 3 aromatic rings. The number of benzene rings is 1. The van der Waals surface area contributed by atoms with Crippen LogP contribution in [0.3, 0.4) is 0 Å². The lowest BCUT2D eigenvalue weighted by Gasteiger charge is -2.26. The minimum atomic E-state index is -4.70. The number of hydrogen-bond donors (Lipinski definition) is 2. The molecule has 174 valence electrons. The Morgan fingerprint density at radius 1 is 1.18 bits per heavy atom. The molecule has 12 heteroatoms. The van der Waals surface area contributed by atoms with Crippen LogP contribution in [-0.4, -0.2) is 39.1 Å². The van der Waals surface area contributed by atoms with Gasteiger partial charge in [-0.05, 0) is 37.6 Å². The number of nitrogens with one attached hydrogen (secondary N) is 2. The summed E-state index contributed by atoms with van der Waals surface area (Å²) in [5, 5.41) is 2.51. The number of aromatic amines is 1. The highest BCUT2D eigenvalue weighted by Gasteiger charge is 2.52. The van der Waals surface area contributed by atoms with Crippen molar-refractivity contribution in [3.63, 3.8) is 0 Å². The number of aromatic nitrogens is 4. The summed E-state index contributed by atoms with van der Waals surface area (Å²) >= 11 is 6.27. The lowest BCUT2D eigenvalue weighted by Crippen LogP contribution is -2.46. The fourth-order valence-electron chi connectivity index (χ4n) is 2.67. The monoisotopic (exact) mass is 481 g/mol. The molecule has 33 heavy (non-hydrogen) atoms. The van der Waals surface area contributed by atoms with Crippen LogP contribution in [0.4, 0.5) is 13.2 Å². The molecule has 2 N–H and O–H groups in total. The van der Waals surface area contributed by atoms with Gasteiger partial charge in [-0.3, -0.25) is 9.78 Å². The van der Waals surface area contributed by atoms with Crippen LogP contribution in [0, 0.1) is 5.41 Å². The highest BCUT2D eigenvalue weighted by atomic mass is 35.5. The van der Waals surface area contributed by atoms with E-state index >= 15 is 0 Å². The van der Waals surface area contributed by atoms with Crippen LogP contribution in [0.5, 0.6) is 5.88 Å². The molecule has 0 spiro atoms. The third-order valence-corrected chi connectivity index (χ3v) is 5.20. The van der Waals surface area contributed by atoms with Gasteiger partial charge in [0.1, 0.15) is 11.2 Å². The van der Waals surface area contributed by atoms with Gasteiger partial charge < -0.3 is 10.1 Å². The molecule has 1 aromatic carbocycles. The second kappa shape index (κ2) is 9.18. The van der Waals surface area contributed by atoms with Gasteiger partial charge in [0.05, 0.1) is 12.1 Å². The minimum absolute atomic E-state index is 0.0885. The van der Waals surface area contributed by atoms with Crippen LogP contribution in [0.25, 0.3) is 22.8 Å². The topological polar surface area (TPSA) is 110 Å². The molecule has 0 radical (unpaired) electrons.